The minimum atomic E-state index is -4.44. The van der Waals surface area contributed by atoms with Crippen molar-refractivity contribution >= 4 is 22.9 Å². The van der Waals surface area contributed by atoms with E-state index in [4.69, 9.17) is 9.15 Å². The number of nitrogens with one attached hydrogen (secondary N) is 1. The molecule has 1 aliphatic carbocycles. The van der Waals surface area contributed by atoms with E-state index in [2.05, 4.69) is 10.3 Å². The number of thioether (sulfide) groups is 1. The Morgan fingerprint density at radius 3 is 2.71 bits per heavy atom. The van der Waals surface area contributed by atoms with Crippen LogP contribution in [0.2, 0.25) is 0 Å². The van der Waals surface area contributed by atoms with Crippen LogP contribution < -0.4 is 5.32 Å². The Kier molecular flexibility index (Phi) is 7.90. The van der Waals surface area contributed by atoms with Crippen molar-refractivity contribution in [3.63, 3.8) is 0 Å². The quantitative estimate of drug-likeness (QED) is 0.426. The lowest BCUT2D eigenvalue weighted by Crippen LogP contribution is -2.26. The van der Waals surface area contributed by atoms with Crippen LogP contribution in [0.3, 0.4) is 0 Å². The lowest BCUT2D eigenvalue weighted by atomic mass is 9.84. The van der Waals surface area contributed by atoms with E-state index in [-0.39, 0.29) is 46.5 Å². The van der Waals surface area contributed by atoms with Crippen molar-refractivity contribution < 1.29 is 31.9 Å². The zero-order chi connectivity index (χ0) is 25.2. The minimum absolute atomic E-state index is 0.00229. The molecule has 1 aliphatic heterocycles. The molecule has 10 heteroatoms. The zero-order valence-corrected chi connectivity index (χ0v) is 20.5. The molecule has 2 aliphatic rings. The summed E-state index contributed by atoms with van der Waals surface area (Å²) in [5.74, 6) is 0.978. The molecule has 35 heavy (non-hydrogen) atoms. The third-order valence-corrected chi connectivity index (χ3v) is 7.53. The zero-order valence-electron chi connectivity index (χ0n) is 19.7. The van der Waals surface area contributed by atoms with Gasteiger partial charge in [0.2, 0.25) is 11.8 Å². The maximum absolute atomic E-state index is 13.1. The molecule has 3 atom stereocenters. The molecule has 6 nitrogen and oxygen atoms in total. The van der Waals surface area contributed by atoms with Crippen LogP contribution in [0.1, 0.15) is 75.3 Å². The van der Waals surface area contributed by atoms with Crippen molar-refractivity contribution in [3.05, 3.63) is 41.3 Å². The second-order valence-electron chi connectivity index (χ2n) is 9.49. The molecule has 0 bridgehead atoms. The van der Waals surface area contributed by atoms with Gasteiger partial charge in [-0.05, 0) is 49.8 Å². The molecule has 1 aromatic heterocycles. The number of carbonyl (C=O) groups is 2. The van der Waals surface area contributed by atoms with Crippen LogP contribution in [0.15, 0.2) is 28.7 Å². The molecule has 0 radical (unpaired) electrons. The molecule has 1 saturated heterocycles. The summed E-state index contributed by atoms with van der Waals surface area (Å²) >= 11 is 1.07. The van der Waals surface area contributed by atoms with E-state index in [0.717, 1.165) is 56.0 Å². The Morgan fingerprint density at radius 1 is 1.23 bits per heavy atom. The lowest BCUT2D eigenvalue weighted by Gasteiger charge is -2.29. The molecule has 2 heterocycles. The maximum atomic E-state index is 13.1. The molecule has 190 valence electrons. The van der Waals surface area contributed by atoms with E-state index < -0.39 is 11.7 Å². The number of halogens is 3. The molecule has 0 spiro atoms. The molecular weight excluding hydrogens is 481 g/mol. The van der Waals surface area contributed by atoms with Gasteiger partial charge in [0.15, 0.2) is 0 Å². The van der Waals surface area contributed by atoms with Gasteiger partial charge >= 0.3 is 6.18 Å². The van der Waals surface area contributed by atoms with E-state index in [0.29, 0.717) is 23.8 Å². The van der Waals surface area contributed by atoms with Gasteiger partial charge in [0.05, 0.1) is 23.5 Å². The normalized spacial score (nSPS) is 23.2. The fourth-order valence-corrected chi connectivity index (χ4v) is 5.53. The maximum Gasteiger partial charge on any atom is 0.416 e. The summed E-state index contributed by atoms with van der Waals surface area (Å²) in [6.07, 6.45) is 0.986. The third-order valence-electron chi connectivity index (χ3n) is 6.48. The number of aromatic nitrogens is 1. The Bertz CT molecular complexity index is 1070. The number of alkyl halides is 3. The predicted molar refractivity (Wildman–Crippen MR) is 126 cm³/mol. The van der Waals surface area contributed by atoms with Crippen LogP contribution in [0, 0.1) is 5.92 Å². The summed E-state index contributed by atoms with van der Waals surface area (Å²) < 4.78 is 51.4. The van der Waals surface area contributed by atoms with Crippen LogP contribution in [-0.2, 0) is 22.3 Å². The van der Waals surface area contributed by atoms with Crippen LogP contribution >= 0.6 is 11.8 Å². The van der Waals surface area contributed by atoms with Crippen LogP contribution in [0.25, 0.3) is 11.5 Å². The summed E-state index contributed by atoms with van der Waals surface area (Å²) in [6.45, 7) is 4.11. The Balaban J connectivity index is 1.38. The van der Waals surface area contributed by atoms with Gasteiger partial charge in [-0.1, -0.05) is 44.5 Å². The minimum Gasteiger partial charge on any atom is -0.441 e. The van der Waals surface area contributed by atoms with Crippen molar-refractivity contribution in [2.75, 3.05) is 0 Å². The number of benzene rings is 1. The Morgan fingerprint density at radius 2 is 2.03 bits per heavy atom. The number of hydrogen-bond acceptors (Lipinski definition) is 6. The van der Waals surface area contributed by atoms with Crippen LogP contribution in [0.4, 0.5) is 18.0 Å². The highest BCUT2D eigenvalue weighted by molar-refractivity contribution is 8.15. The molecule has 4 rings (SSSR count). The largest absolute Gasteiger partial charge is 0.441 e. The summed E-state index contributed by atoms with van der Waals surface area (Å²) in [5.41, 5.74) is 0.133. The van der Waals surface area contributed by atoms with Gasteiger partial charge in [-0.2, -0.15) is 13.2 Å². The van der Waals surface area contributed by atoms with E-state index in [1.54, 1.807) is 6.07 Å². The van der Waals surface area contributed by atoms with Crippen molar-refractivity contribution in [1.29, 1.82) is 0 Å². The van der Waals surface area contributed by atoms with Gasteiger partial charge in [-0.3, -0.25) is 14.9 Å². The topological polar surface area (TPSA) is 81.4 Å². The van der Waals surface area contributed by atoms with Gasteiger partial charge in [0, 0.05) is 11.5 Å². The number of carbonyl (C=O) groups excluding carboxylic acids is 2. The molecule has 1 aromatic carbocycles. The first kappa shape index (κ1) is 25.8. The predicted octanol–water partition coefficient (Wildman–Crippen LogP) is 6.69. The molecule has 2 amide bonds. The number of ether oxygens (including phenoxy) is 1. The molecular formula is C25H29F3N2O4S. The molecule has 1 N–H and O–H groups in total. The van der Waals surface area contributed by atoms with E-state index in [1.165, 1.54) is 6.07 Å². The molecule has 2 fully saturated rings. The molecule has 2 aromatic rings. The van der Waals surface area contributed by atoms with E-state index >= 15 is 0 Å². The number of imide groups is 1. The first-order chi connectivity index (χ1) is 16.6. The van der Waals surface area contributed by atoms with Gasteiger partial charge in [-0.15, -0.1) is 0 Å². The summed E-state index contributed by atoms with van der Waals surface area (Å²) in [6, 6.07) is 4.97. The SMILES string of the molecule is CC(C)c1oc(-c2cccc(C(F)(F)F)c2)nc1COC1CCCC(CCC2SC(=O)NC2=O)C1. The standard InChI is InChI=1S/C25H29F3N2O4S/c1-14(2)21-19(29-23(34-21)16-6-4-7-17(12-16)25(26,27)28)13-33-18-8-3-5-15(11-18)9-10-20-22(31)30-24(32)35-20/h4,6-7,12,14-15,18,20H,3,5,8-11,13H2,1-2H3,(H,30,31,32). The average molecular weight is 511 g/mol. The van der Waals surface area contributed by atoms with Crippen LogP contribution in [0.5, 0.6) is 0 Å². The summed E-state index contributed by atoms with van der Waals surface area (Å²) in [7, 11) is 0. The summed E-state index contributed by atoms with van der Waals surface area (Å²) in [5, 5.41) is 1.75. The molecule has 3 unspecified atom stereocenters. The van der Waals surface area contributed by atoms with Gasteiger partial charge in [0.1, 0.15) is 11.5 Å². The van der Waals surface area contributed by atoms with Gasteiger partial charge in [-0.25, -0.2) is 4.98 Å². The first-order valence-electron chi connectivity index (χ1n) is 11.9. The van der Waals surface area contributed by atoms with Gasteiger partial charge in [0.25, 0.3) is 5.24 Å². The fourth-order valence-electron chi connectivity index (χ4n) is 4.69. The van der Waals surface area contributed by atoms with E-state index in [9.17, 15) is 22.8 Å². The second kappa shape index (κ2) is 10.7. The number of oxazole rings is 1. The first-order valence-corrected chi connectivity index (χ1v) is 12.8. The molecule has 1 saturated carbocycles. The smallest absolute Gasteiger partial charge is 0.416 e. The number of nitrogens with zero attached hydrogens (tertiary/aromatic N) is 1. The second-order valence-corrected chi connectivity index (χ2v) is 10.7. The van der Waals surface area contributed by atoms with Crippen molar-refractivity contribution in [1.82, 2.24) is 10.3 Å². The Labute approximate surface area is 206 Å². The average Bonchev–Trinajstić information content (AvgIpc) is 3.38. The third kappa shape index (κ3) is 6.46. The van der Waals surface area contributed by atoms with E-state index in [1.807, 2.05) is 13.8 Å². The Hall–Kier alpha value is -2.33. The fraction of sp³-hybridized carbons (Fsp3) is 0.560. The number of amides is 2. The van der Waals surface area contributed by atoms with Crippen molar-refractivity contribution in [2.24, 2.45) is 5.92 Å². The highest BCUT2D eigenvalue weighted by Crippen LogP contribution is 2.35. The van der Waals surface area contributed by atoms with Gasteiger partial charge < -0.3 is 9.15 Å². The lowest BCUT2D eigenvalue weighted by molar-refractivity contribution is -0.137. The highest BCUT2D eigenvalue weighted by Gasteiger charge is 2.33. The van der Waals surface area contributed by atoms with Crippen molar-refractivity contribution in [3.8, 4) is 11.5 Å². The number of rotatable bonds is 8. The summed E-state index contributed by atoms with van der Waals surface area (Å²) in [4.78, 5) is 27.6. The monoisotopic (exact) mass is 510 g/mol. The van der Waals surface area contributed by atoms with Crippen LogP contribution in [-0.4, -0.2) is 27.5 Å². The van der Waals surface area contributed by atoms with Crippen molar-refractivity contribution in [2.45, 2.75) is 82.4 Å². The number of hydrogen-bond donors (Lipinski definition) is 1. The highest BCUT2D eigenvalue weighted by atomic mass is 32.2.